The van der Waals surface area contributed by atoms with Crippen LogP contribution in [0.3, 0.4) is 0 Å². The Balaban J connectivity index is 1.35. The molecule has 2 aliphatic rings. The van der Waals surface area contributed by atoms with Crippen LogP contribution in [-0.2, 0) is 0 Å². The number of halogens is 3. The molecule has 0 saturated carbocycles. The maximum absolute atomic E-state index is 12.8. The smallest absolute Gasteiger partial charge is 0.407 e. The lowest BCUT2D eigenvalue weighted by atomic mass is 9.89. The number of methoxy groups -OCH3 is 1. The Kier molecular flexibility index (Phi) is 11.1. The largest absolute Gasteiger partial charge is 0.496 e. The molecule has 224 valence electrons. The number of benzene rings is 2. The first kappa shape index (κ1) is 31.3. The summed E-state index contributed by atoms with van der Waals surface area (Å²) < 4.78 is 11.4. The number of carbonyl (C=O) groups excluding carboxylic acids is 1. The Labute approximate surface area is 255 Å². The first-order valence-electron chi connectivity index (χ1n) is 13.9. The van der Waals surface area contributed by atoms with E-state index in [1.807, 2.05) is 0 Å². The van der Waals surface area contributed by atoms with Gasteiger partial charge in [-0.3, -0.25) is 4.79 Å². The SMILES string of the molecule is COc1cc(N)c(Cl)cc1C(=O)NCC1CCN(CC(COc2cccc(Cl)c2Cl)C2CCCCN2C(=O)O)CC1. The van der Waals surface area contributed by atoms with Gasteiger partial charge in [-0.1, -0.05) is 40.9 Å². The average Bonchev–Trinajstić information content (AvgIpc) is 2.97. The summed E-state index contributed by atoms with van der Waals surface area (Å²) >= 11 is 18.6. The number of carboxylic acid groups (broad SMARTS) is 1. The molecule has 2 unspecified atom stereocenters. The number of rotatable bonds is 10. The molecular weight excluding hydrogens is 591 g/mol. The molecule has 0 aliphatic carbocycles. The van der Waals surface area contributed by atoms with Gasteiger partial charge in [0.2, 0.25) is 0 Å². The number of amides is 2. The number of nitrogens with two attached hydrogens (primary N) is 1. The molecule has 2 saturated heterocycles. The molecule has 2 atom stereocenters. The lowest BCUT2D eigenvalue weighted by Gasteiger charge is -2.41. The third-order valence-electron chi connectivity index (χ3n) is 8.02. The van der Waals surface area contributed by atoms with Gasteiger partial charge in [-0.25, -0.2) is 4.79 Å². The van der Waals surface area contributed by atoms with Crippen LogP contribution >= 0.6 is 34.8 Å². The molecule has 41 heavy (non-hydrogen) atoms. The first-order valence-corrected chi connectivity index (χ1v) is 15.0. The molecule has 2 heterocycles. The Hall–Kier alpha value is -2.59. The van der Waals surface area contributed by atoms with E-state index in [2.05, 4.69) is 10.2 Å². The molecule has 2 aromatic rings. The minimum Gasteiger partial charge on any atom is -0.496 e. The van der Waals surface area contributed by atoms with Crippen molar-refractivity contribution in [1.29, 1.82) is 0 Å². The molecule has 4 N–H and O–H groups in total. The third kappa shape index (κ3) is 8.03. The highest BCUT2D eigenvalue weighted by atomic mass is 35.5. The number of hydrogen-bond acceptors (Lipinski definition) is 6. The van der Waals surface area contributed by atoms with Gasteiger partial charge >= 0.3 is 6.09 Å². The van der Waals surface area contributed by atoms with E-state index in [4.69, 9.17) is 50.0 Å². The Morgan fingerprint density at radius 3 is 2.54 bits per heavy atom. The zero-order valence-electron chi connectivity index (χ0n) is 23.1. The Morgan fingerprint density at radius 2 is 1.83 bits per heavy atom. The summed E-state index contributed by atoms with van der Waals surface area (Å²) in [6, 6.07) is 8.19. The topological polar surface area (TPSA) is 117 Å². The fourth-order valence-electron chi connectivity index (χ4n) is 5.72. The van der Waals surface area contributed by atoms with Gasteiger partial charge in [0, 0.05) is 37.7 Å². The van der Waals surface area contributed by atoms with Crippen molar-refractivity contribution in [2.24, 2.45) is 11.8 Å². The minimum absolute atomic E-state index is 0.0413. The summed E-state index contributed by atoms with van der Waals surface area (Å²) in [4.78, 5) is 28.8. The normalized spacial score (nSPS) is 19.0. The van der Waals surface area contributed by atoms with Gasteiger partial charge in [0.25, 0.3) is 5.91 Å². The molecule has 0 aromatic heterocycles. The van der Waals surface area contributed by atoms with E-state index in [1.165, 1.54) is 13.2 Å². The highest BCUT2D eigenvalue weighted by Gasteiger charge is 2.35. The van der Waals surface area contributed by atoms with E-state index in [0.29, 0.717) is 70.0 Å². The van der Waals surface area contributed by atoms with Crippen molar-refractivity contribution in [3.05, 3.63) is 51.0 Å². The fourth-order valence-corrected chi connectivity index (χ4v) is 6.23. The molecule has 2 aliphatic heterocycles. The molecule has 2 aromatic carbocycles. The van der Waals surface area contributed by atoms with E-state index in [0.717, 1.165) is 45.2 Å². The molecule has 2 amide bonds. The summed E-state index contributed by atoms with van der Waals surface area (Å²) in [5.41, 5.74) is 6.54. The average molecular weight is 628 g/mol. The number of hydrogen-bond donors (Lipinski definition) is 3. The monoisotopic (exact) mass is 626 g/mol. The van der Waals surface area contributed by atoms with E-state index < -0.39 is 6.09 Å². The van der Waals surface area contributed by atoms with Gasteiger partial charge in [0.05, 0.1) is 35.0 Å². The maximum atomic E-state index is 12.8. The van der Waals surface area contributed by atoms with E-state index in [9.17, 15) is 14.7 Å². The first-order chi connectivity index (χ1) is 19.7. The zero-order chi connectivity index (χ0) is 29.5. The molecule has 4 rings (SSSR count). The summed E-state index contributed by atoms with van der Waals surface area (Å²) in [7, 11) is 1.49. The highest BCUT2D eigenvalue weighted by molar-refractivity contribution is 6.42. The van der Waals surface area contributed by atoms with Gasteiger partial charge in [-0.15, -0.1) is 0 Å². The molecule has 0 radical (unpaired) electrons. The van der Waals surface area contributed by atoms with Crippen LogP contribution in [0.15, 0.2) is 30.3 Å². The van der Waals surface area contributed by atoms with Gasteiger partial charge < -0.3 is 35.4 Å². The standard InChI is InChI=1S/C29H37Cl3N4O5/c1-40-26-14-23(33)22(31)13-20(26)28(37)34-15-18-8-11-35(12-9-18)16-19(24-6-2-3-10-36(24)29(38)39)17-41-25-7-4-5-21(30)27(25)32/h4-5,7,13-14,18-19,24H,2-3,6,8-12,15-17,33H2,1H3,(H,34,37)(H,38,39). The molecule has 0 spiro atoms. The van der Waals surface area contributed by atoms with Crippen molar-refractivity contribution in [2.75, 3.05) is 52.2 Å². The lowest BCUT2D eigenvalue weighted by Crippen LogP contribution is -2.52. The van der Waals surface area contributed by atoms with Crippen molar-refractivity contribution >= 4 is 52.5 Å². The van der Waals surface area contributed by atoms with Crippen molar-refractivity contribution in [2.45, 2.75) is 38.1 Å². The second-order valence-electron chi connectivity index (χ2n) is 10.7. The summed E-state index contributed by atoms with van der Waals surface area (Å²) in [6.07, 6.45) is 3.55. The lowest BCUT2D eigenvalue weighted by molar-refractivity contribution is 0.0444. The number of likely N-dealkylation sites (tertiary alicyclic amines) is 2. The number of nitrogen functional groups attached to an aromatic ring is 1. The van der Waals surface area contributed by atoms with Crippen molar-refractivity contribution in [3.63, 3.8) is 0 Å². The summed E-state index contributed by atoms with van der Waals surface area (Å²) in [6.45, 7) is 3.77. The minimum atomic E-state index is -0.894. The second kappa shape index (κ2) is 14.5. The zero-order valence-corrected chi connectivity index (χ0v) is 25.4. The van der Waals surface area contributed by atoms with Gasteiger partial charge in [-0.05, 0) is 69.3 Å². The second-order valence-corrected chi connectivity index (χ2v) is 11.9. The highest BCUT2D eigenvalue weighted by Crippen LogP contribution is 2.33. The van der Waals surface area contributed by atoms with Crippen molar-refractivity contribution in [3.8, 4) is 11.5 Å². The van der Waals surface area contributed by atoms with Crippen molar-refractivity contribution in [1.82, 2.24) is 15.1 Å². The van der Waals surface area contributed by atoms with Crippen LogP contribution < -0.4 is 20.5 Å². The molecular formula is C29H37Cl3N4O5. The van der Waals surface area contributed by atoms with Crippen LogP contribution in [0.5, 0.6) is 11.5 Å². The maximum Gasteiger partial charge on any atom is 0.407 e. The quantitative estimate of drug-likeness (QED) is 0.281. The predicted molar refractivity (Wildman–Crippen MR) is 162 cm³/mol. The Morgan fingerprint density at radius 1 is 1.07 bits per heavy atom. The number of carbonyl (C=O) groups is 2. The van der Waals surface area contributed by atoms with Crippen molar-refractivity contribution < 1.29 is 24.2 Å². The van der Waals surface area contributed by atoms with Crippen LogP contribution in [0, 0.1) is 11.8 Å². The van der Waals surface area contributed by atoms with Crippen LogP contribution in [-0.4, -0.2) is 79.4 Å². The molecule has 0 bridgehead atoms. The third-order valence-corrected chi connectivity index (χ3v) is 9.15. The van der Waals surface area contributed by atoms with Crippen LogP contribution in [0.1, 0.15) is 42.5 Å². The summed E-state index contributed by atoms with van der Waals surface area (Å²) in [5, 5.41) is 14.0. The number of piperidine rings is 2. The van der Waals surface area contributed by atoms with Crippen LogP contribution in [0.2, 0.25) is 15.1 Å². The fraction of sp³-hybridized carbons (Fsp3) is 0.517. The summed E-state index contributed by atoms with van der Waals surface area (Å²) in [5.74, 6) is 0.894. The number of anilines is 1. The van der Waals surface area contributed by atoms with E-state index in [-0.39, 0.29) is 17.9 Å². The molecule has 2 fully saturated rings. The molecule has 9 nitrogen and oxygen atoms in total. The Bertz CT molecular complexity index is 1230. The number of ether oxygens (including phenoxy) is 2. The van der Waals surface area contributed by atoms with Crippen LogP contribution in [0.4, 0.5) is 10.5 Å². The van der Waals surface area contributed by atoms with E-state index >= 15 is 0 Å². The number of nitrogens with one attached hydrogen (secondary N) is 1. The predicted octanol–water partition coefficient (Wildman–Crippen LogP) is 5.91. The van der Waals surface area contributed by atoms with E-state index in [1.54, 1.807) is 29.2 Å². The van der Waals surface area contributed by atoms with Gasteiger partial charge in [0.15, 0.2) is 0 Å². The van der Waals surface area contributed by atoms with Gasteiger partial charge in [0.1, 0.15) is 16.5 Å². The number of nitrogens with zero attached hydrogens (tertiary/aromatic N) is 2. The van der Waals surface area contributed by atoms with Gasteiger partial charge in [-0.2, -0.15) is 0 Å². The molecule has 12 heteroatoms. The van der Waals surface area contributed by atoms with Crippen LogP contribution in [0.25, 0.3) is 0 Å².